The predicted octanol–water partition coefficient (Wildman–Crippen LogP) is -2.61. The summed E-state index contributed by atoms with van der Waals surface area (Å²) in [5.41, 5.74) is 0. The molecule has 0 aromatic heterocycles. The van der Waals surface area contributed by atoms with Crippen LogP contribution in [-0.4, -0.2) is 48.5 Å². The summed E-state index contributed by atoms with van der Waals surface area (Å²) in [6.45, 7) is 0. The summed E-state index contributed by atoms with van der Waals surface area (Å²) in [6, 6.07) is 0. The van der Waals surface area contributed by atoms with E-state index in [1.807, 2.05) is 0 Å². The first kappa shape index (κ1) is 11.9. The van der Waals surface area contributed by atoms with E-state index in [1.54, 1.807) is 34.5 Å². The van der Waals surface area contributed by atoms with E-state index in [0.717, 1.165) is 21.8 Å². The van der Waals surface area contributed by atoms with E-state index in [9.17, 15) is 0 Å². The van der Waals surface area contributed by atoms with Crippen LogP contribution in [0.25, 0.3) is 0 Å². The molecule has 4 nitrogen and oxygen atoms in total. The van der Waals surface area contributed by atoms with E-state index in [-0.39, 0.29) is 0 Å². The molecule has 2 bridgehead atoms. The zero-order valence-corrected chi connectivity index (χ0v) is 9.58. The molecule has 13 heavy (non-hydrogen) atoms. The van der Waals surface area contributed by atoms with Crippen LogP contribution >= 0.6 is 0 Å². The Morgan fingerprint density at radius 3 is 1.00 bits per heavy atom. The molecule has 7 heteroatoms. The first-order chi connectivity index (χ1) is 5.95. The second-order valence-electron chi connectivity index (χ2n) is 2.88. The fraction of sp³-hybridized carbons (Fsp3) is 1.00. The first-order valence-corrected chi connectivity index (χ1v) is 8.68. The van der Waals surface area contributed by atoms with Crippen LogP contribution in [0.5, 0.6) is 0 Å². The van der Waals surface area contributed by atoms with Crippen molar-refractivity contribution in [3.05, 3.63) is 0 Å². The molecule has 3 aliphatic rings. The molecule has 0 aromatic rings. The monoisotopic (exact) mass is 250 g/mol. The molecule has 0 aliphatic carbocycles. The van der Waals surface area contributed by atoms with Gasteiger partial charge in [-0.05, 0) is 0 Å². The summed E-state index contributed by atoms with van der Waals surface area (Å²) in [5.74, 6) is 9.60. The zero-order valence-electron chi connectivity index (χ0n) is 7.19. The third-order valence-electron chi connectivity index (χ3n) is 1.98. The Morgan fingerprint density at radius 2 is 0.923 bits per heavy atom. The summed E-state index contributed by atoms with van der Waals surface area (Å²) < 4.78 is 30.2. The van der Waals surface area contributed by atoms with Crippen LogP contribution in [0.15, 0.2) is 0 Å². The number of hydrogen-bond acceptors (Lipinski definition) is 4. The van der Waals surface area contributed by atoms with E-state index in [1.165, 1.54) is 0 Å². The van der Waals surface area contributed by atoms with Crippen molar-refractivity contribution in [1.82, 2.24) is 0 Å². The standard InChI is InChI=1S/C6H12S2.ClH3O4/c1-2-8-5-3-7(1)4-6-8;2-1(3,4)5/h1-6H2;2-4H/q+2;. The molecule has 0 amide bonds. The van der Waals surface area contributed by atoms with Gasteiger partial charge in [0, 0.05) is 21.8 Å². The van der Waals surface area contributed by atoms with Gasteiger partial charge in [-0.25, -0.2) is 0 Å². The molecule has 3 rings (SSSR count). The molecule has 0 unspecified atom stereocenters. The minimum atomic E-state index is -4.19. The maximum atomic E-state index is 8.83. The van der Waals surface area contributed by atoms with E-state index in [2.05, 4.69) is 0 Å². The summed E-state index contributed by atoms with van der Waals surface area (Å²) >= 11 is 0. The summed E-state index contributed by atoms with van der Waals surface area (Å²) in [6.07, 6.45) is 0. The van der Waals surface area contributed by atoms with E-state index in [4.69, 9.17) is 18.6 Å². The molecule has 0 aromatic carbocycles. The van der Waals surface area contributed by atoms with Crippen molar-refractivity contribution in [3.8, 4) is 0 Å². The van der Waals surface area contributed by atoms with Crippen LogP contribution < -0.4 is 4.66 Å². The molecule has 80 valence electrons. The van der Waals surface area contributed by atoms with Crippen LogP contribution in [-0.2, 0) is 21.8 Å². The Bertz CT molecular complexity index is 126. The molecule has 0 atom stereocenters. The SMILES string of the molecule is C1C[S+]2CC[S+]1CC2.[O-][Cl+](O)(O)O. The van der Waals surface area contributed by atoms with Crippen LogP contribution in [0.4, 0.5) is 0 Å². The van der Waals surface area contributed by atoms with E-state index in [0.29, 0.717) is 0 Å². The Kier molecular flexibility index (Phi) is 4.64. The van der Waals surface area contributed by atoms with Crippen molar-refractivity contribution in [3.63, 3.8) is 0 Å². The number of halogens is 1. The molecule has 3 saturated heterocycles. The minimum absolute atomic E-state index is 0.921. The molecule has 3 aliphatic heterocycles. The van der Waals surface area contributed by atoms with Crippen molar-refractivity contribution in [1.29, 1.82) is 0 Å². The van der Waals surface area contributed by atoms with Crippen molar-refractivity contribution >= 4 is 21.8 Å². The summed E-state index contributed by atoms with van der Waals surface area (Å²) in [5, 5.41) is 0. The quantitative estimate of drug-likeness (QED) is 0.412. The van der Waals surface area contributed by atoms with Gasteiger partial charge in [0.2, 0.25) is 0 Å². The van der Waals surface area contributed by atoms with Crippen LogP contribution in [0, 0.1) is 10.2 Å². The Balaban J connectivity index is 0.000000149. The molecule has 3 heterocycles. The van der Waals surface area contributed by atoms with Gasteiger partial charge in [-0.2, -0.15) is 0 Å². The van der Waals surface area contributed by atoms with Crippen molar-refractivity contribution in [2.75, 3.05) is 34.5 Å². The molecule has 0 spiro atoms. The normalized spacial score (nSPS) is 33.5. The third kappa shape index (κ3) is 6.01. The average molecular weight is 251 g/mol. The topological polar surface area (TPSA) is 83.8 Å². The third-order valence-corrected chi connectivity index (χ3v) is 7.45. The van der Waals surface area contributed by atoms with Crippen molar-refractivity contribution < 1.29 is 28.9 Å². The Labute approximate surface area is 85.4 Å². The second-order valence-corrected chi connectivity index (χ2v) is 8.65. The van der Waals surface area contributed by atoms with E-state index >= 15 is 0 Å². The predicted molar refractivity (Wildman–Crippen MR) is 50.6 cm³/mol. The van der Waals surface area contributed by atoms with Crippen molar-refractivity contribution in [2.24, 2.45) is 0 Å². The fourth-order valence-electron chi connectivity index (χ4n) is 1.32. The first-order valence-electron chi connectivity index (χ1n) is 3.89. The van der Waals surface area contributed by atoms with Gasteiger partial charge in [-0.15, -0.1) is 0 Å². The van der Waals surface area contributed by atoms with Crippen LogP contribution in [0.1, 0.15) is 0 Å². The number of hydrogen-bond donors (Lipinski definition) is 3. The zero-order chi connectivity index (χ0) is 9.90. The summed E-state index contributed by atoms with van der Waals surface area (Å²) in [4.78, 5) is 0. The molecule has 0 saturated carbocycles. The molecule has 0 radical (unpaired) electrons. The van der Waals surface area contributed by atoms with Gasteiger partial charge < -0.3 is 0 Å². The number of rotatable bonds is 0. The summed E-state index contributed by atoms with van der Waals surface area (Å²) in [7, 11) is -2.35. The van der Waals surface area contributed by atoms with Crippen LogP contribution in [0.2, 0.25) is 0 Å². The van der Waals surface area contributed by atoms with Gasteiger partial charge >= 0.3 is 28.9 Å². The molecular weight excluding hydrogens is 236 g/mol. The van der Waals surface area contributed by atoms with Gasteiger partial charge in [0.15, 0.2) is 34.5 Å². The van der Waals surface area contributed by atoms with Crippen LogP contribution in [0.3, 0.4) is 0 Å². The fourth-order valence-corrected chi connectivity index (χ4v) is 8.20. The van der Waals surface area contributed by atoms with Gasteiger partial charge in [-0.3, -0.25) is 0 Å². The van der Waals surface area contributed by atoms with Gasteiger partial charge in [0.1, 0.15) is 0 Å². The van der Waals surface area contributed by atoms with Crippen molar-refractivity contribution in [2.45, 2.75) is 0 Å². The second kappa shape index (κ2) is 5.06. The Hall–Kier alpha value is 0.830. The van der Waals surface area contributed by atoms with Gasteiger partial charge in [0.25, 0.3) is 0 Å². The number of fused-ring (bicyclic) bond motifs is 3. The average Bonchev–Trinajstić information content (AvgIpc) is 2.05. The molecular formula is C6H15ClO4S2+2. The van der Waals surface area contributed by atoms with Gasteiger partial charge in [0.05, 0.1) is 0 Å². The molecule has 3 fully saturated rings. The Morgan fingerprint density at radius 1 is 0.769 bits per heavy atom. The molecule has 3 N–H and O–H groups in total. The van der Waals surface area contributed by atoms with Gasteiger partial charge in [-0.1, -0.05) is 0 Å². The maximum absolute atomic E-state index is 8.83. The van der Waals surface area contributed by atoms with E-state index < -0.39 is 10.2 Å².